The summed E-state index contributed by atoms with van der Waals surface area (Å²) in [5.74, 6) is -5.26. The fourth-order valence-corrected chi connectivity index (χ4v) is 7.27. The molecular weight excluding hydrogens is 636 g/mol. The second-order valence-electron chi connectivity index (χ2n) is 12.9. The molecule has 1 unspecified atom stereocenters. The van der Waals surface area contributed by atoms with E-state index in [0.29, 0.717) is 23.9 Å². The average Bonchev–Trinajstić information content (AvgIpc) is 3.41. The first-order valence-corrected chi connectivity index (χ1v) is 15.3. The van der Waals surface area contributed by atoms with E-state index in [0.717, 1.165) is 18.9 Å². The number of piperazine rings is 1. The Morgan fingerprint density at radius 3 is 2.70 bits per heavy atom. The zero-order chi connectivity index (χ0) is 32.6. The SMILES string of the molecule is C[C@]12CCC(CN(c3nc(OC[C@]4(CNCC(F)F)CC4(F)F)nc4c(F)c(-c5cc(O)cc6cccc(Cl)c56)c(F)cc34)C1)N2. The van der Waals surface area contributed by atoms with Gasteiger partial charge < -0.3 is 25.4 Å². The minimum atomic E-state index is -3.18. The number of aromatic nitrogens is 2. The van der Waals surface area contributed by atoms with Crippen molar-refractivity contribution < 1.29 is 36.2 Å². The van der Waals surface area contributed by atoms with Gasteiger partial charge in [-0.1, -0.05) is 23.7 Å². The van der Waals surface area contributed by atoms with Crippen molar-refractivity contribution in [3.05, 3.63) is 53.1 Å². The first kappa shape index (κ1) is 31.1. The van der Waals surface area contributed by atoms with Crippen LogP contribution in [0.3, 0.4) is 0 Å². The highest BCUT2D eigenvalue weighted by molar-refractivity contribution is 6.36. The Labute approximate surface area is 264 Å². The smallest absolute Gasteiger partial charge is 0.319 e. The highest BCUT2D eigenvalue weighted by Gasteiger charge is 2.71. The van der Waals surface area contributed by atoms with Gasteiger partial charge in [0.1, 0.15) is 29.5 Å². The van der Waals surface area contributed by atoms with Crippen LogP contribution in [0.15, 0.2) is 36.4 Å². The number of phenols is 1. The molecule has 1 aromatic heterocycles. The molecule has 14 heteroatoms. The number of benzene rings is 3. The van der Waals surface area contributed by atoms with E-state index < -0.39 is 67.1 Å². The Morgan fingerprint density at radius 2 is 1.98 bits per heavy atom. The van der Waals surface area contributed by atoms with E-state index in [1.165, 1.54) is 12.1 Å². The lowest BCUT2D eigenvalue weighted by molar-refractivity contribution is 0.0378. The van der Waals surface area contributed by atoms with Crippen LogP contribution < -0.4 is 20.3 Å². The molecule has 1 saturated carbocycles. The largest absolute Gasteiger partial charge is 0.508 e. The predicted molar refractivity (Wildman–Crippen MR) is 162 cm³/mol. The molecule has 244 valence electrons. The van der Waals surface area contributed by atoms with Gasteiger partial charge in [0.05, 0.1) is 17.5 Å². The summed E-state index contributed by atoms with van der Waals surface area (Å²) < 4.78 is 92.8. The third-order valence-electron chi connectivity index (χ3n) is 9.35. The van der Waals surface area contributed by atoms with Crippen LogP contribution in [0.1, 0.15) is 26.2 Å². The standard InChI is InChI=1S/C32H30ClF6N5O2/c1-30-6-5-17(43-30)11-44(14-30)28-20-9-22(34)25(19-8-18(45)7-16-3-2-4-21(33)24(16)19)26(37)27(20)41-29(42-28)46-15-31(12-32(31,38)39)13-40-10-23(35)36/h2-4,7-9,17,23,40,43,45H,5-6,10-15H2,1H3/t17?,30-,31+/m0/s1. The number of nitrogens with one attached hydrogen (secondary N) is 2. The molecule has 46 heavy (non-hydrogen) atoms. The number of phenolic OH excluding ortho intramolecular Hbond substituents is 1. The van der Waals surface area contributed by atoms with Crippen LogP contribution >= 0.6 is 11.6 Å². The van der Waals surface area contributed by atoms with Crippen LogP contribution in [0.4, 0.5) is 32.2 Å². The Bertz CT molecular complexity index is 1860. The highest BCUT2D eigenvalue weighted by Crippen LogP contribution is 2.60. The maximum Gasteiger partial charge on any atom is 0.319 e. The van der Waals surface area contributed by atoms with Gasteiger partial charge in [0.25, 0.3) is 12.3 Å². The van der Waals surface area contributed by atoms with E-state index >= 15 is 8.78 Å². The summed E-state index contributed by atoms with van der Waals surface area (Å²) in [5.41, 5.74) is -2.87. The Kier molecular flexibility index (Phi) is 7.44. The summed E-state index contributed by atoms with van der Waals surface area (Å²) in [7, 11) is 0. The lowest BCUT2D eigenvalue weighted by Crippen LogP contribution is -2.58. The van der Waals surface area contributed by atoms with Crippen LogP contribution in [0.5, 0.6) is 11.8 Å². The summed E-state index contributed by atoms with van der Waals surface area (Å²) in [6, 6.07) is 8.29. The molecule has 2 saturated heterocycles. The number of aromatic hydroxyl groups is 1. The topological polar surface area (TPSA) is 82.5 Å². The molecule has 1 aliphatic carbocycles. The van der Waals surface area contributed by atoms with Gasteiger partial charge in [-0.3, -0.25) is 0 Å². The van der Waals surface area contributed by atoms with Crippen molar-refractivity contribution in [2.75, 3.05) is 37.7 Å². The van der Waals surface area contributed by atoms with Crippen molar-refractivity contribution in [1.82, 2.24) is 20.6 Å². The normalized spacial score (nSPS) is 25.2. The zero-order valence-corrected chi connectivity index (χ0v) is 25.4. The molecule has 2 aliphatic heterocycles. The number of hydrogen-bond donors (Lipinski definition) is 3. The zero-order valence-electron chi connectivity index (χ0n) is 24.6. The molecule has 7 rings (SSSR count). The maximum absolute atomic E-state index is 16.7. The number of rotatable bonds is 9. The van der Waals surface area contributed by atoms with Gasteiger partial charge in [-0.2, -0.15) is 9.97 Å². The number of nitrogens with zero attached hydrogens (tertiary/aromatic N) is 3. The quantitative estimate of drug-likeness (QED) is 0.172. The van der Waals surface area contributed by atoms with E-state index in [2.05, 4.69) is 20.6 Å². The van der Waals surface area contributed by atoms with Crippen LogP contribution in [0, 0.1) is 17.0 Å². The van der Waals surface area contributed by atoms with E-state index in [-0.39, 0.29) is 44.6 Å². The van der Waals surface area contributed by atoms with E-state index in [4.69, 9.17) is 16.3 Å². The summed E-state index contributed by atoms with van der Waals surface area (Å²) >= 11 is 6.46. The number of fused-ring (bicyclic) bond motifs is 4. The van der Waals surface area contributed by atoms with Crippen LogP contribution in [0.2, 0.25) is 5.02 Å². The predicted octanol–water partition coefficient (Wildman–Crippen LogP) is 6.68. The molecule has 3 atom stereocenters. The molecule has 3 N–H and O–H groups in total. The third-order valence-corrected chi connectivity index (χ3v) is 9.67. The number of ether oxygens (including phenoxy) is 1. The molecule has 3 fully saturated rings. The van der Waals surface area contributed by atoms with Crippen molar-refractivity contribution in [3.63, 3.8) is 0 Å². The number of halogens is 7. The fourth-order valence-electron chi connectivity index (χ4n) is 6.98. The van der Waals surface area contributed by atoms with Gasteiger partial charge >= 0.3 is 6.01 Å². The van der Waals surface area contributed by atoms with Crippen LogP contribution in [0.25, 0.3) is 32.8 Å². The Balaban J connectivity index is 1.35. The summed E-state index contributed by atoms with van der Waals surface area (Å²) in [5, 5.41) is 17.4. The van der Waals surface area contributed by atoms with Crippen LogP contribution in [-0.2, 0) is 0 Å². The molecule has 4 aromatic rings. The van der Waals surface area contributed by atoms with Gasteiger partial charge in [0, 0.05) is 59.0 Å². The molecule has 3 aliphatic rings. The van der Waals surface area contributed by atoms with Crippen molar-refractivity contribution in [3.8, 4) is 22.9 Å². The van der Waals surface area contributed by atoms with E-state index in [9.17, 15) is 22.7 Å². The van der Waals surface area contributed by atoms with Crippen molar-refractivity contribution in [2.24, 2.45) is 5.41 Å². The van der Waals surface area contributed by atoms with Gasteiger partial charge in [-0.05, 0) is 49.4 Å². The molecule has 7 nitrogen and oxygen atoms in total. The Morgan fingerprint density at radius 1 is 1.20 bits per heavy atom. The second-order valence-corrected chi connectivity index (χ2v) is 13.3. The number of anilines is 1. The molecule has 0 amide bonds. The third kappa shape index (κ3) is 5.35. The lowest BCUT2D eigenvalue weighted by atomic mass is 9.95. The molecule has 3 heterocycles. The van der Waals surface area contributed by atoms with E-state index in [1.807, 2.05) is 11.8 Å². The maximum atomic E-state index is 16.7. The first-order chi connectivity index (χ1) is 21.8. The van der Waals surface area contributed by atoms with Crippen molar-refractivity contribution in [1.29, 1.82) is 0 Å². The van der Waals surface area contributed by atoms with Gasteiger partial charge in [0.2, 0.25) is 0 Å². The monoisotopic (exact) mass is 665 g/mol. The van der Waals surface area contributed by atoms with Crippen LogP contribution in [-0.4, -0.2) is 71.8 Å². The lowest BCUT2D eigenvalue weighted by Gasteiger charge is -2.40. The molecule has 0 radical (unpaired) electrons. The molecule has 0 spiro atoms. The van der Waals surface area contributed by atoms with Crippen molar-refractivity contribution >= 4 is 39.1 Å². The van der Waals surface area contributed by atoms with Gasteiger partial charge in [0.15, 0.2) is 5.82 Å². The van der Waals surface area contributed by atoms with Gasteiger partial charge in [-0.15, -0.1) is 0 Å². The number of alkyl halides is 4. The van der Waals surface area contributed by atoms with Gasteiger partial charge in [-0.25, -0.2) is 26.3 Å². The minimum absolute atomic E-state index is 0.00506. The Hall–Kier alpha value is -3.55. The fraction of sp³-hybridized carbons (Fsp3) is 0.438. The first-order valence-electron chi connectivity index (χ1n) is 14.9. The summed E-state index contributed by atoms with van der Waals surface area (Å²) in [6.07, 6.45) is -1.55. The summed E-state index contributed by atoms with van der Waals surface area (Å²) in [6.45, 7) is 1.15. The molecule has 2 bridgehead atoms. The average molecular weight is 666 g/mol. The molecular formula is C32H30ClF6N5O2. The summed E-state index contributed by atoms with van der Waals surface area (Å²) in [4.78, 5) is 10.6. The molecule has 3 aromatic carbocycles. The number of hydrogen-bond acceptors (Lipinski definition) is 7. The van der Waals surface area contributed by atoms with Crippen molar-refractivity contribution in [2.45, 2.75) is 50.1 Å². The minimum Gasteiger partial charge on any atom is -0.508 e. The van der Waals surface area contributed by atoms with E-state index in [1.54, 1.807) is 18.2 Å². The second kappa shape index (κ2) is 11.0. The highest BCUT2D eigenvalue weighted by atomic mass is 35.5.